The molecule has 1 aliphatic heterocycles. The van der Waals surface area contributed by atoms with E-state index < -0.39 is 32.5 Å². The zero-order valence-corrected chi connectivity index (χ0v) is 38.6. The topological polar surface area (TPSA) is 137 Å². The Morgan fingerprint density at radius 1 is 0.724 bits per heavy atom. The quantitative estimate of drug-likeness (QED) is 0.0159. The van der Waals surface area contributed by atoms with Crippen molar-refractivity contribution in [3.63, 3.8) is 0 Å². The minimum Gasteiger partial charge on any atom is -0.756 e. The van der Waals surface area contributed by atoms with Crippen molar-refractivity contribution in [3.05, 3.63) is 34.8 Å². The molecule has 58 heavy (non-hydrogen) atoms. The van der Waals surface area contributed by atoms with Crippen LogP contribution >= 0.6 is 7.82 Å². The number of esters is 2. The van der Waals surface area contributed by atoms with Crippen molar-refractivity contribution >= 4 is 19.8 Å². The molecule has 0 saturated carbocycles. The Bertz CT molecular complexity index is 1340. The van der Waals surface area contributed by atoms with Gasteiger partial charge in [0.2, 0.25) is 0 Å². The third-order valence-electron chi connectivity index (χ3n) is 10.9. The van der Waals surface area contributed by atoms with E-state index in [2.05, 4.69) is 39.8 Å². The number of quaternary nitrogens is 1. The fourth-order valence-corrected chi connectivity index (χ4v) is 7.67. The normalized spacial score (nSPS) is 17.1. The van der Waals surface area contributed by atoms with Crippen molar-refractivity contribution in [3.8, 4) is 0 Å². The number of allylic oxidation sites excluding steroid dienone is 1. The van der Waals surface area contributed by atoms with Gasteiger partial charge in [-0.15, -0.1) is 0 Å². The van der Waals surface area contributed by atoms with Gasteiger partial charge in [0.1, 0.15) is 31.3 Å². The van der Waals surface area contributed by atoms with Gasteiger partial charge in [0.25, 0.3) is 7.82 Å². The van der Waals surface area contributed by atoms with Crippen LogP contribution in [0.1, 0.15) is 178 Å². The average Bonchev–Trinajstić information content (AvgIpc) is 3.87. The molecule has 1 saturated heterocycles. The highest BCUT2D eigenvalue weighted by Gasteiger charge is 2.36. The van der Waals surface area contributed by atoms with Gasteiger partial charge in [0.05, 0.1) is 40.0 Å². The zero-order chi connectivity index (χ0) is 42.7. The van der Waals surface area contributed by atoms with E-state index in [0.717, 1.165) is 101 Å². The third kappa shape index (κ3) is 25.6. The highest BCUT2D eigenvalue weighted by Crippen LogP contribution is 2.38. The smallest absolute Gasteiger partial charge is 0.306 e. The van der Waals surface area contributed by atoms with E-state index in [4.69, 9.17) is 27.7 Å². The second kappa shape index (κ2) is 30.1. The number of epoxide rings is 1. The summed E-state index contributed by atoms with van der Waals surface area (Å²) >= 11 is 0. The number of phosphoric acid groups is 1. The van der Waals surface area contributed by atoms with E-state index >= 15 is 0 Å². The molecule has 336 valence electrons. The van der Waals surface area contributed by atoms with Crippen LogP contribution in [0.4, 0.5) is 0 Å². The number of carbonyl (C=O) groups is 2. The summed E-state index contributed by atoms with van der Waals surface area (Å²) in [5.41, 5.74) is 2.63. The lowest BCUT2D eigenvalue weighted by Gasteiger charge is -2.28. The average molecular weight is 840 g/mol. The summed E-state index contributed by atoms with van der Waals surface area (Å²) in [6.45, 7) is 8.40. The van der Waals surface area contributed by atoms with Crippen LogP contribution in [-0.2, 0) is 50.3 Å². The number of aryl methyl sites for hydroxylation is 2. The van der Waals surface area contributed by atoms with Crippen LogP contribution in [0.3, 0.4) is 0 Å². The fourth-order valence-electron chi connectivity index (χ4n) is 6.94. The first-order chi connectivity index (χ1) is 27.7. The molecule has 1 aromatic heterocycles. The number of ether oxygens (including phenoxy) is 3. The number of furan rings is 1. The van der Waals surface area contributed by atoms with Gasteiger partial charge in [0.15, 0.2) is 6.10 Å². The Morgan fingerprint density at radius 2 is 1.33 bits per heavy atom. The standard InChI is InChI=1S/C46H82NO10P/c1-8-10-11-12-18-24-30-43-44(57-43)31-25-20-17-22-27-33-46(49)55-40(37-54-58(50,51)53-35-34-47(5,6)7)36-52-45(48)32-26-21-16-14-13-15-19-23-29-42-39(4)38(3)41(56-42)28-9-2/h18,24,40,43-44H,8-17,19-23,25-37H2,1-7H3/b24-18-/t40-,43?,44?/m1/s1. The maximum Gasteiger partial charge on any atom is 0.306 e. The Kier molecular flexibility index (Phi) is 27.0. The Balaban J connectivity index is 1.62. The molecule has 11 nitrogen and oxygen atoms in total. The SMILES string of the molecule is CCCCC/C=C\CC1OC1CCCCCCCC(=O)O[C@H](COC(=O)CCCCCCCCCCc1oc(CCC)c(C)c1C)COP(=O)([O-])OCC[N+](C)(C)C. The fraction of sp³-hybridized carbons (Fsp3) is 0.826. The van der Waals surface area contributed by atoms with Crippen molar-refractivity contribution in [2.24, 2.45) is 0 Å². The molecule has 12 heteroatoms. The lowest BCUT2D eigenvalue weighted by atomic mass is 10.0. The molecule has 0 aromatic carbocycles. The lowest BCUT2D eigenvalue weighted by Crippen LogP contribution is -2.37. The molecule has 0 spiro atoms. The van der Waals surface area contributed by atoms with Crippen molar-refractivity contribution in [1.82, 2.24) is 0 Å². The highest BCUT2D eigenvalue weighted by atomic mass is 31.2. The summed E-state index contributed by atoms with van der Waals surface area (Å²) < 4.78 is 45.9. The molecule has 0 bridgehead atoms. The van der Waals surface area contributed by atoms with E-state index in [0.29, 0.717) is 36.1 Å². The van der Waals surface area contributed by atoms with Crippen LogP contribution in [-0.4, -0.2) is 82.2 Å². The minimum atomic E-state index is -4.64. The highest BCUT2D eigenvalue weighted by molar-refractivity contribution is 7.45. The molecule has 4 atom stereocenters. The van der Waals surface area contributed by atoms with Gasteiger partial charge in [-0.05, 0) is 76.3 Å². The summed E-state index contributed by atoms with van der Waals surface area (Å²) in [7, 11) is 1.13. The largest absolute Gasteiger partial charge is 0.756 e. The van der Waals surface area contributed by atoms with E-state index in [-0.39, 0.29) is 26.1 Å². The van der Waals surface area contributed by atoms with Gasteiger partial charge < -0.3 is 37.1 Å². The van der Waals surface area contributed by atoms with Crippen molar-refractivity contribution in [1.29, 1.82) is 0 Å². The number of unbranched alkanes of at least 4 members (excludes halogenated alkanes) is 14. The van der Waals surface area contributed by atoms with Gasteiger partial charge in [-0.2, -0.15) is 0 Å². The van der Waals surface area contributed by atoms with Gasteiger partial charge in [-0.3, -0.25) is 14.2 Å². The van der Waals surface area contributed by atoms with E-state index in [9.17, 15) is 19.0 Å². The first-order valence-corrected chi connectivity index (χ1v) is 24.3. The zero-order valence-electron chi connectivity index (χ0n) is 37.7. The molecule has 2 heterocycles. The maximum absolute atomic E-state index is 12.7. The molecule has 3 unspecified atom stereocenters. The molecule has 1 fully saturated rings. The van der Waals surface area contributed by atoms with Crippen LogP contribution in [0.2, 0.25) is 0 Å². The molecule has 0 N–H and O–H groups in total. The Labute approximate surface area is 352 Å². The van der Waals surface area contributed by atoms with Gasteiger partial charge >= 0.3 is 11.9 Å². The van der Waals surface area contributed by atoms with E-state index in [1.54, 1.807) is 0 Å². The van der Waals surface area contributed by atoms with Crippen LogP contribution < -0.4 is 4.89 Å². The molecule has 2 rings (SSSR count). The lowest BCUT2D eigenvalue weighted by molar-refractivity contribution is -0.870. The number of rotatable bonds is 37. The van der Waals surface area contributed by atoms with Crippen molar-refractivity contribution < 1.29 is 51.2 Å². The second-order valence-electron chi connectivity index (χ2n) is 17.4. The molecular weight excluding hydrogens is 757 g/mol. The van der Waals surface area contributed by atoms with Crippen LogP contribution in [0.15, 0.2) is 16.6 Å². The molecule has 1 aromatic rings. The minimum absolute atomic E-state index is 0.0420. The predicted molar refractivity (Wildman–Crippen MR) is 230 cm³/mol. The van der Waals surface area contributed by atoms with Crippen molar-refractivity contribution in [2.75, 3.05) is 47.5 Å². The maximum atomic E-state index is 12.7. The van der Waals surface area contributed by atoms with Crippen molar-refractivity contribution in [2.45, 2.75) is 200 Å². The number of likely N-dealkylation sites (N-methyl/N-ethyl adjacent to an activating group) is 1. The van der Waals surface area contributed by atoms with Gasteiger partial charge in [-0.25, -0.2) is 0 Å². The summed E-state index contributed by atoms with van der Waals surface area (Å²) in [6.07, 6.45) is 28.1. The van der Waals surface area contributed by atoms with Crippen LogP contribution in [0.5, 0.6) is 0 Å². The van der Waals surface area contributed by atoms with Gasteiger partial charge in [0, 0.05) is 25.7 Å². The predicted octanol–water partition coefficient (Wildman–Crippen LogP) is 10.6. The van der Waals surface area contributed by atoms with E-state index in [1.807, 2.05) is 21.1 Å². The van der Waals surface area contributed by atoms with E-state index in [1.165, 1.54) is 49.7 Å². The Morgan fingerprint density at radius 3 is 1.97 bits per heavy atom. The first kappa shape index (κ1) is 52.1. The summed E-state index contributed by atoms with van der Waals surface area (Å²) in [5, 5.41) is 0. The summed E-state index contributed by atoms with van der Waals surface area (Å²) in [5.74, 6) is 1.42. The number of nitrogens with zero attached hydrogens (tertiary/aromatic N) is 1. The monoisotopic (exact) mass is 840 g/mol. The number of phosphoric ester groups is 1. The Hall–Kier alpha value is -2.01. The first-order valence-electron chi connectivity index (χ1n) is 22.9. The van der Waals surface area contributed by atoms with Gasteiger partial charge in [-0.1, -0.05) is 103 Å². The number of carbonyl (C=O) groups excluding carboxylic acids is 2. The van der Waals surface area contributed by atoms with Crippen LogP contribution in [0, 0.1) is 13.8 Å². The summed E-state index contributed by atoms with van der Waals surface area (Å²) in [4.78, 5) is 37.7. The van der Waals surface area contributed by atoms with Crippen LogP contribution in [0.25, 0.3) is 0 Å². The molecular formula is C46H82NO10P. The molecule has 0 radical (unpaired) electrons. The summed E-state index contributed by atoms with van der Waals surface area (Å²) in [6, 6.07) is 0. The molecule has 0 amide bonds. The second-order valence-corrected chi connectivity index (χ2v) is 18.8. The number of hydrogen-bond donors (Lipinski definition) is 0. The number of hydrogen-bond acceptors (Lipinski definition) is 10. The molecule has 1 aliphatic rings. The third-order valence-corrected chi connectivity index (χ3v) is 11.8. The molecule has 0 aliphatic carbocycles.